The van der Waals surface area contributed by atoms with Crippen LogP contribution in [-0.4, -0.2) is 47.0 Å². The molecule has 2 N–H and O–H groups in total. The summed E-state index contributed by atoms with van der Waals surface area (Å²) in [5.41, 5.74) is 2.30. The fourth-order valence-corrected chi connectivity index (χ4v) is 4.97. The van der Waals surface area contributed by atoms with Crippen molar-refractivity contribution in [2.75, 3.05) is 32.0 Å². The molecule has 6 aromatic rings. The molecule has 10 nitrogen and oxygen atoms in total. The van der Waals surface area contributed by atoms with E-state index in [-0.39, 0.29) is 12.3 Å². The topological polar surface area (TPSA) is 112 Å². The normalized spacial score (nSPS) is 10.9. The van der Waals surface area contributed by atoms with E-state index in [1.54, 1.807) is 18.3 Å². The van der Waals surface area contributed by atoms with Crippen LogP contribution in [0.4, 0.5) is 17.3 Å². The largest absolute Gasteiger partial charge is 0.493 e. The summed E-state index contributed by atoms with van der Waals surface area (Å²) in [6, 6.07) is 25.0. The van der Waals surface area contributed by atoms with Gasteiger partial charge >= 0.3 is 0 Å². The second-order valence-electron chi connectivity index (χ2n) is 9.46. The minimum absolute atomic E-state index is 0.143. The summed E-state index contributed by atoms with van der Waals surface area (Å²) in [7, 11) is 4.60. The van der Waals surface area contributed by atoms with Gasteiger partial charge in [0.15, 0.2) is 23.1 Å². The number of nitrogens with one attached hydrogen (secondary N) is 2. The fraction of sp³-hybridized carbons (Fsp3) is 0.125. The van der Waals surface area contributed by atoms with Crippen LogP contribution in [-0.2, 0) is 11.2 Å². The number of aromatic nitrogens is 4. The fourth-order valence-electron chi connectivity index (χ4n) is 4.97. The van der Waals surface area contributed by atoms with Crippen molar-refractivity contribution >= 4 is 44.9 Å². The Hall–Kier alpha value is -5.64. The average molecular weight is 561 g/mol. The number of methoxy groups -OCH3 is 3. The lowest BCUT2D eigenvalue weighted by molar-refractivity contribution is -0.115. The zero-order valence-electron chi connectivity index (χ0n) is 23.3. The number of nitrogens with zero attached hydrogens (tertiary/aromatic N) is 4. The maximum absolute atomic E-state index is 13.2. The molecule has 3 heterocycles. The summed E-state index contributed by atoms with van der Waals surface area (Å²) in [5, 5.41) is 18.1. The maximum Gasteiger partial charge on any atom is 0.228 e. The second-order valence-corrected chi connectivity index (χ2v) is 9.46. The number of hydrogen-bond donors (Lipinski definition) is 2. The van der Waals surface area contributed by atoms with E-state index in [2.05, 4.69) is 25.8 Å². The van der Waals surface area contributed by atoms with E-state index < -0.39 is 0 Å². The van der Waals surface area contributed by atoms with Crippen molar-refractivity contribution in [3.05, 3.63) is 96.8 Å². The van der Waals surface area contributed by atoms with E-state index in [9.17, 15) is 4.79 Å². The van der Waals surface area contributed by atoms with Crippen LogP contribution in [0, 0.1) is 0 Å². The second kappa shape index (κ2) is 11.5. The molecule has 10 heteroatoms. The van der Waals surface area contributed by atoms with Gasteiger partial charge in [-0.05, 0) is 35.2 Å². The summed E-state index contributed by atoms with van der Waals surface area (Å²) in [4.78, 5) is 17.6. The number of carbonyl (C=O) groups is 1. The smallest absolute Gasteiger partial charge is 0.228 e. The van der Waals surface area contributed by atoms with Crippen LogP contribution in [0.25, 0.3) is 27.5 Å². The number of fused-ring (bicyclic) bond motifs is 2. The van der Waals surface area contributed by atoms with Crippen LogP contribution in [0.3, 0.4) is 0 Å². The first-order valence-electron chi connectivity index (χ1n) is 13.2. The van der Waals surface area contributed by atoms with Crippen LogP contribution >= 0.6 is 0 Å². The highest BCUT2D eigenvalue weighted by Crippen LogP contribution is 2.40. The standard InChI is InChI=1S/C32H28N6O4/c1-40-26-17-22(18-27(41-2)31(26)42-3)34-30(39)16-21-19-38(25-11-7-6-9-23(21)25)29-13-12-28(36-37-29)35-32-24-10-5-4-8-20(24)14-15-33-32/h4-15,17-19H,16H2,1-3H3,(H,34,39)(H,33,35,36). The van der Waals surface area contributed by atoms with Gasteiger partial charge in [-0.25, -0.2) is 4.98 Å². The zero-order chi connectivity index (χ0) is 29.1. The summed E-state index contributed by atoms with van der Waals surface area (Å²) < 4.78 is 18.1. The highest BCUT2D eigenvalue weighted by Gasteiger charge is 2.17. The number of rotatable bonds is 9. The molecule has 6 rings (SSSR count). The minimum atomic E-state index is -0.194. The first-order chi connectivity index (χ1) is 20.6. The van der Waals surface area contributed by atoms with Gasteiger partial charge in [0, 0.05) is 41.0 Å². The average Bonchev–Trinajstić information content (AvgIpc) is 3.39. The third kappa shape index (κ3) is 5.13. The predicted molar refractivity (Wildman–Crippen MR) is 162 cm³/mol. The molecule has 0 fully saturated rings. The van der Waals surface area contributed by atoms with Crippen molar-refractivity contribution < 1.29 is 19.0 Å². The van der Waals surface area contributed by atoms with E-state index in [0.29, 0.717) is 40.4 Å². The molecule has 0 bridgehead atoms. The van der Waals surface area contributed by atoms with Crippen molar-refractivity contribution in [2.45, 2.75) is 6.42 Å². The summed E-state index contributed by atoms with van der Waals surface area (Å²) in [6.07, 6.45) is 3.82. The van der Waals surface area contributed by atoms with Crippen molar-refractivity contribution in [1.29, 1.82) is 0 Å². The first-order valence-corrected chi connectivity index (χ1v) is 13.2. The highest BCUT2D eigenvalue weighted by molar-refractivity contribution is 5.97. The van der Waals surface area contributed by atoms with Gasteiger partial charge in [0.05, 0.1) is 33.3 Å². The third-order valence-corrected chi connectivity index (χ3v) is 6.91. The number of amides is 1. The Bertz CT molecular complexity index is 1870. The van der Waals surface area contributed by atoms with Crippen molar-refractivity contribution in [2.24, 2.45) is 0 Å². The Morgan fingerprint density at radius 3 is 2.29 bits per heavy atom. The van der Waals surface area contributed by atoms with E-state index in [1.807, 2.05) is 77.5 Å². The number of benzene rings is 3. The molecule has 1 amide bonds. The van der Waals surface area contributed by atoms with Crippen LogP contribution < -0.4 is 24.8 Å². The number of hydrogen-bond acceptors (Lipinski definition) is 8. The van der Waals surface area contributed by atoms with Crippen molar-refractivity contribution in [3.63, 3.8) is 0 Å². The monoisotopic (exact) mass is 560 g/mol. The molecule has 0 spiro atoms. The number of anilines is 3. The molecule has 0 radical (unpaired) electrons. The molecule has 0 atom stereocenters. The molecule has 0 saturated carbocycles. The molecular weight excluding hydrogens is 532 g/mol. The van der Waals surface area contributed by atoms with Crippen LogP contribution in [0.2, 0.25) is 0 Å². The lowest BCUT2D eigenvalue weighted by Crippen LogP contribution is -2.14. The molecule has 210 valence electrons. The molecular formula is C32H28N6O4. The minimum Gasteiger partial charge on any atom is -0.493 e. The summed E-state index contributed by atoms with van der Waals surface area (Å²) in [6.45, 7) is 0. The molecule has 0 aliphatic carbocycles. The molecule has 3 aromatic carbocycles. The van der Waals surface area contributed by atoms with Gasteiger partial charge in [-0.2, -0.15) is 0 Å². The zero-order valence-corrected chi connectivity index (χ0v) is 23.3. The Balaban J connectivity index is 1.24. The third-order valence-electron chi connectivity index (χ3n) is 6.91. The maximum atomic E-state index is 13.2. The van der Waals surface area contributed by atoms with Gasteiger partial charge in [0.2, 0.25) is 11.7 Å². The number of ether oxygens (including phenoxy) is 3. The van der Waals surface area contributed by atoms with Gasteiger partial charge in [-0.1, -0.05) is 42.5 Å². The van der Waals surface area contributed by atoms with Gasteiger partial charge in [0.1, 0.15) is 5.82 Å². The molecule has 42 heavy (non-hydrogen) atoms. The predicted octanol–water partition coefficient (Wildman–Crippen LogP) is 5.92. The molecule has 0 aliphatic heterocycles. The first kappa shape index (κ1) is 26.6. The number of para-hydroxylation sites is 1. The molecule has 0 aliphatic rings. The van der Waals surface area contributed by atoms with Crippen molar-refractivity contribution in [3.8, 4) is 23.1 Å². The highest BCUT2D eigenvalue weighted by atomic mass is 16.5. The molecule has 3 aromatic heterocycles. The van der Waals surface area contributed by atoms with Crippen LogP contribution in [0.5, 0.6) is 17.2 Å². The lowest BCUT2D eigenvalue weighted by Gasteiger charge is -2.14. The van der Waals surface area contributed by atoms with Gasteiger partial charge in [-0.15, -0.1) is 10.2 Å². The molecule has 0 saturated heterocycles. The van der Waals surface area contributed by atoms with Gasteiger partial charge in [-0.3, -0.25) is 9.36 Å². The number of pyridine rings is 1. The van der Waals surface area contributed by atoms with Crippen LogP contribution in [0.1, 0.15) is 5.56 Å². The SMILES string of the molecule is COc1cc(NC(=O)Cc2cn(-c3ccc(Nc4nccc5ccccc45)nn3)c3ccccc23)cc(OC)c1OC. The van der Waals surface area contributed by atoms with E-state index >= 15 is 0 Å². The summed E-state index contributed by atoms with van der Waals surface area (Å²) in [5.74, 6) is 3.08. The summed E-state index contributed by atoms with van der Waals surface area (Å²) >= 11 is 0. The Morgan fingerprint density at radius 2 is 1.57 bits per heavy atom. The van der Waals surface area contributed by atoms with Gasteiger partial charge < -0.3 is 24.8 Å². The Kier molecular flexibility index (Phi) is 7.25. The van der Waals surface area contributed by atoms with E-state index in [0.717, 1.165) is 27.2 Å². The quantitative estimate of drug-likeness (QED) is 0.224. The molecule has 0 unspecified atom stereocenters. The van der Waals surface area contributed by atoms with E-state index in [4.69, 9.17) is 14.2 Å². The van der Waals surface area contributed by atoms with Gasteiger partial charge in [0.25, 0.3) is 0 Å². The Morgan fingerprint density at radius 1 is 0.833 bits per heavy atom. The Labute approximate surface area is 241 Å². The van der Waals surface area contributed by atoms with Crippen LogP contribution in [0.15, 0.2) is 91.3 Å². The van der Waals surface area contributed by atoms with Crippen molar-refractivity contribution in [1.82, 2.24) is 19.7 Å². The number of carbonyl (C=O) groups excluding carboxylic acids is 1. The lowest BCUT2D eigenvalue weighted by atomic mass is 10.1. The van der Waals surface area contributed by atoms with E-state index in [1.165, 1.54) is 21.3 Å².